The summed E-state index contributed by atoms with van der Waals surface area (Å²) in [6, 6.07) is 18.6. The van der Waals surface area contributed by atoms with Crippen LogP contribution in [0.2, 0.25) is 0 Å². The highest BCUT2D eigenvalue weighted by atomic mass is 32.2. The Morgan fingerprint density at radius 1 is 0.783 bits per heavy atom. The molecule has 1 aliphatic carbocycles. The third kappa shape index (κ3) is 4.12. The van der Waals surface area contributed by atoms with Gasteiger partial charge >= 0.3 is 0 Å². The molecule has 0 spiro atoms. The first-order valence-electron chi connectivity index (χ1n) is 8.04. The Morgan fingerprint density at radius 3 is 2.00 bits per heavy atom. The number of benzene rings is 2. The molecule has 1 aliphatic rings. The number of nitrogens with one attached hydrogen (secondary N) is 2. The van der Waals surface area contributed by atoms with Crippen molar-refractivity contribution in [2.24, 2.45) is 0 Å². The van der Waals surface area contributed by atoms with Gasteiger partial charge in [0.25, 0.3) is 0 Å². The zero-order chi connectivity index (χ0) is 16.1. The first-order chi connectivity index (χ1) is 11.1. The predicted molar refractivity (Wildman–Crippen MR) is 92.9 cm³/mol. The average molecular weight is 330 g/mol. The molecule has 2 N–H and O–H groups in total. The average Bonchev–Trinajstić information content (AvgIpc) is 2.58. The summed E-state index contributed by atoms with van der Waals surface area (Å²) in [5.41, 5.74) is 1.03. The molecule has 3 rings (SSSR count). The smallest absolute Gasteiger partial charge is 0.240 e. The van der Waals surface area contributed by atoms with Crippen molar-refractivity contribution in [1.29, 1.82) is 0 Å². The van der Waals surface area contributed by atoms with E-state index in [4.69, 9.17) is 0 Å². The number of anilines is 1. The summed E-state index contributed by atoms with van der Waals surface area (Å²) in [4.78, 5) is 0.323. The molecule has 2 aromatic carbocycles. The van der Waals surface area contributed by atoms with Crippen LogP contribution < -0.4 is 10.0 Å². The van der Waals surface area contributed by atoms with E-state index >= 15 is 0 Å². The molecule has 0 unspecified atom stereocenters. The quantitative estimate of drug-likeness (QED) is 0.883. The molecule has 0 bridgehead atoms. The second kappa shape index (κ2) is 7.15. The van der Waals surface area contributed by atoms with Crippen LogP contribution >= 0.6 is 0 Å². The summed E-state index contributed by atoms with van der Waals surface area (Å²) >= 11 is 0. The summed E-state index contributed by atoms with van der Waals surface area (Å²) in [6.07, 6.45) is 4.00. The van der Waals surface area contributed by atoms with Crippen LogP contribution in [-0.2, 0) is 10.0 Å². The number of sulfonamides is 1. The molecule has 0 saturated heterocycles. The van der Waals surface area contributed by atoms with Crippen LogP contribution in [0.3, 0.4) is 0 Å². The first kappa shape index (κ1) is 16.0. The fourth-order valence-corrected chi connectivity index (χ4v) is 4.39. The molecule has 4 nitrogen and oxygen atoms in total. The fraction of sp³-hybridized carbons (Fsp3) is 0.333. The minimum Gasteiger partial charge on any atom is -0.381 e. The second-order valence-electron chi connectivity index (χ2n) is 5.94. The monoisotopic (exact) mass is 330 g/mol. The van der Waals surface area contributed by atoms with E-state index in [1.165, 1.54) is 0 Å². The molecule has 23 heavy (non-hydrogen) atoms. The van der Waals surface area contributed by atoms with Crippen LogP contribution in [0.25, 0.3) is 0 Å². The summed E-state index contributed by atoms with van der Waals surface area (Å²) < 4.78 is 28.0. The van der Waals surface area contributed by atoms with Gasteiger partial charge in [0.2, 0.25) is 10.0 Å². The minimum absolute atomic E-state index is 0.0887. The van der Waals surface area contributed by atoms with Crippen molar-refractivity contribution in [1.82, 2.24) is 4.72 Å². The third-order valence-electron chi connectivity index (χ3n) is 4.25. The lowest BCUT2D eigenvalue weighted by atomic mass is 9.91. The zero-order valence-electron chi connectivity index (χ0n) is 13.0. The molecule has 0 heterocycles. The summed E-state index contributed by atoms with van der Waals surface area (Å²) in [6.45, 7) is 0. The molecular weight excluding hydrogens is 308 g/mol. The van der Waals surface area contributed by atoms with Crippen molar-refractivity contribution in [3.05, 3.63) is 60.7 Å². The maximum atomic E-state index is 12.6. The molecule has 2 atom stereocenters. The van der Waals surface area contributed by atoms with Crippen molar-refractivity contribution in [2.75, 3.05) is 5.32 Å². The van der Waals surface area contributed by atoms with Gasteiger partial charge in [-0.15, -0.1) is 0 Å². The molecule has 0 amide bonds. The van der Waals surface area contributed by atoms with Crippen molar-refractivity contribution in [2.45, 2.75) is 42.7 Å². The van der Waals surface area contributed by atoms with Gasteiger partial charge in [-0.3, -0.25) is 0 Å². The number of para-hydroxylation sites is 1. The minimum atomic E-state index is -3.48. The topological polar surface area (TPSA) is 58.2 Å². The Hall–Kier alpha value is -1.85. The SMILES string of the molecule is O=S(=O)(N[C@H]1CCCC[C@H]1Nc1ccccc1)c1ccccc1. The van der Waals surface area contributed by atoms with Gasteiger partial charge in [-0.05, 0) is 37.1 Å². The van der Waals surface area contributed by atoms with Crippen LogP contribution in [0.15, 0.2) is 65.6 Å². The lowest BCUT2D eigenvalue weighted by molar-refractivity contribution is 0.378. The zero-order valence-corrected chi connectivity index (χ0v) is 13.8. The van der Waals surface area contributed by atoms with E-state index in [0.29, 0.717) is 4.90 Å². The maximum Gasteiger partial charge on any atom is 0.240 e. The van der Waals surface area contributed by atoms with Crippen LogP contribution in [-0.4, -0.2) is 20.5 Å². The van der Waals surface area contributed by atoms with Gasteiger partial charge in [0, 0.05) is 17.8 Å². The van der Waals surface area contributed by atoms with Gasteiger partial charge in [-0.2, -0.15) is 0 Å². The standard InChI is InChI=1S/C18H22N2O2S/c21-23(22,16-11-5-2-6-12-16)20-18-14-8-7-13-17(18)19-15-9-3-1-4-10-15/h1-6,9-12,17-20H,7-8,13-14H2/t17-,18+/m1/s1. The van der Waals surface area contributed by atoms with E-state index in [2.05, 4.69) is 10.0 Å². The molecule has 0 radical (unpaired) electrons. The van der Waals surface area contributed by atoms with Crippen LogP contribution in [0, 0.1) is 0 Å². The van der Waals surface area contributed by atoms with Crippen molar-refractivity contribution >= 4 is 15.7 Å². The highest BCUT2D eigenvalue weighted by Gasteiger charge is 2.29. The molecule has 2 aromatic rings. The first-order valence-corrected chi connectivity index (χ1v) is 9.52. The highest BCUT2D eigenvalue weighted by Crippen LogP contribution is 2.24. The molecular formula is C18H22N2O2S. The summed E-state index contributed by atoms with van der Waals surface area (Å²) in [5, 5.41) is 3.48. The van der Waals surface area contributed by atoms with E-state index in [1.807, 2.05) is 36.4 Å². The van der Waals surface area contributed by atoms with Gasteiger partial charge in [0.05, 0.1) is 4.90 Å². The Labute approximate surface area is 138 Å². The summed E-state index contributed by atoms with van der Waals surface area (Å²) in [5.74, 6) is 0. The molecule has 5 heteroatoms. The Morgan fingerprint density at radius 2 is 1.35 bits per heavy atom. The molecule has 122 valence electrons. The molecule has 0 aliphatic heterocycles. The molecule has 0 aromatic heterocycles. The van der Waals surface area contributed by atoms with E-state index in [0.717, 1.165) is 31.4 Å². The van der Waals surface area contributed by atoms with E-state index < -0.39 is 10.0 Å². The van der Waals surface area contributed by atoms with Crippen molar-refractivity contribution < 1.29 is 8.42 Å². The van der Waals surface area contributed by atoms with Crippen LogP contribution in [0.1, 0.15) is 25.7 Å². The van der Waals surface area contributed by atoms with Crippen molar-refractivity contribution in [3.8, 4) is 0 Å². The number of hydrogen-bond acceptors (Lipinski definition) is 3. The van der Waals surface area contributed by atoms with Gasteiger partial charge in [-0.1, -0.05) is 49.2 Å². The molecule has 1 saturated carbocycles. The fourth-order valence-electron chi connectivity index (χ4n) is 3.06. The predicted octanol–water partition coefficient (Wildman–Crippen LogP) is 3.39. The number of rotatable bonds is 5. The summed E-state index contributed by atoms with van der Waals surface area (Å²) in [7, 11) is -3.48. The van der Waals surface area contributed by atoms with Gasteiger partial charge in [0.1, 0.15) is 0 Å². The van der Waals surface area contributed by atoms with Gasteiger partial charge in [0.15, 0.2) is 0 Å². The second-order valence-corrected chi connectivity index (χ2v) is 7.66. The molecule has 1 fully saturated rings. The largest absolute Gasteiger partial charge is 0.381 e. The van der Waals surface area contributed by atoms with Crippen LogP contribution in [0.5, 0.6) is 0 Å². The van der Waals surface area contributed by atoms with Gasteiger partial charge in [-0.25, -0.2) is 13.1 Å². The number of hydrogen-bond donors (Lipinski definition) is 2. The van der Waals surface area contributed by atoms with Crippen molar-refractivity contribution in [3.63, 3.8) is 0 Å². The maximum absolute atomic E-state index is 12.6. The van der Waals surface area contributed by atoms with Crippen LogP contribution in [0.4, 0.5) is 5.69 Å². The lowest BCUT2D eigenvalue weighted by Gasteiger charge is -2.33. The highest BCUT2D eigenvalue weighted by molar-refractivity contribution is 7.89. The third-order valence-corrected chi connectivity index (χ3v) is 5.76. The van der Waals surface area contributed by atoms with E-state index in [1.54, 1.807) is 24.3 Å². The Kier molecular flexibility index (Phi) is 4.98. The lowest BCUT2D eigenvalue weighted by Crippen LogP contribution is -2.48. The van der Waals surface area contributed by atoms with E-state index in [-0.39, 0.29) is 12.1 Å². The normalized spacial score (nSPS) is 21.7. The van der Waals surface area contributed by atoms with Gasteiger partial charge < -0.3 is 5.32 Å². The Balaban J connectivity index is 1.74. The Bertz CT molecular complexity index is 717. The van der Waals surface area contributed by atoms with E-state index in [9.17, 15) is 8.42 Å².